The molecule has 0 saturated heterocycles. The van der Waals surface area contributed by atoms with E-state index >= 15 is 0 Å². The Kier molecular flexibility index (Phi) is 42.9. The number of hydrogen-bond acceptors (Lipinski definition) is 13. The maximum atomic E-state index is 12.9. The fourth-order valence-corrected chi connectivity index (χ4v) is 8.77. The normalized spacial score (nSPS) is 12.3. The third kappa shape index (κ3) is 47.8. The molecule has 74 heavy (non-hydrogen) atoms. The monoisotopic (exact) mass is 1070 g/mol. The molecule has 0 aromatic rings. The zero-order valence-corrected chi connectivity index (χ0v) is 48.4. The first-order chi connectivity index (χ1) is 35.2. The van der Waals surface area contributed by atoms with E-state index in [0.717, 1.165) is 38.5 Å². The van der Waals surface area contributed by atoms with Crippen LogP contribution in [0.4, 0.5) is 0 Å². The van der Waals surface area contributed by atoms with Crippen LogP contribution in [-0.2, 0) is 57.3 Å². The predicted molar refractivity (Wildman–Crippen MR) is 295 cm³/mol. The highest BCUT2D eigenvalue weighted by molar-refractivity contribution is 7.99. The topological polar surface area (TPSA) is 222 Å². The molecular weight excluding hydrogens is 965 g/mol. The van der Waals surface area contributed by atoms with Crippen LogP contribution in [0.5, 0.6) is 0 Å². The lowest BCUT2D eigenvalue weighted by Gasteiger charge is -2.25. The van der Waals surface area contributed by atoms with Gasteiger partial charge in [0.25, 0.3) is 0 Å². The number of hydrogen-bond donors (Lipinski definition) is 4. The number of ether oxygens (including phenoxy) is 4. The molecule has 0 heterocycles. The Balaban J connectivity index is 4.78. The molecule has 2 atom stereocenters. The lowest BCUT2D eigenvalue weighted by atomic mass is 10.0. The highest BCUT2D eigenvalue weighted by atomic mass is 32.2. The van der Waals surface area contributed by atoms with E-state index in [0.29, 0.717) is 24.3 Å². The van der Waals surface area contributed by atoms with Gasteiger partial charge < -0.3 is 40.2 Å². The molecule has 17 heteroatoms. The summed E-state index contributed by atoms with van der Waals surface area (Å²) in [7, 11) is 0. The molecule has 0 aliphatic heterocycles. The number of nitrogens with one attached hydrogen (secondary N) is 4. The van der Waals surface area contributed by atoms with Gasteiger partial charge in [-0.2, -0.15) is 11.8 Å². The van der Waals surface area contributed by atoms with Gasteiger partial charge in [0, 0.05) is 37.2 Å². The third-order valence-electron chi connectivity index (χ3n) is 11.9. The zero-order chi connectivity index (χ0) is 55.3. The van der Waals surface area contributed by atoms with E-state index < -0.39 is 72.0 Å². The fourth-order valence-electron chi connectivity index (χ4n) is 7.84. The van der Waals surface area contributed by atoms with Gasteiger partial charge in [-0.1, -0.05) is 168 Å². The summed E-state index contributed by atoms with van der Waals surface area (Å²) in [6, 6.07) is -1.18. The molecule has 430 valence electrons. The average molecular weight is 1070 g/mol. The molecule has 4 amide bonds. The standard InChI is InChI=1S/C57H104N4O12S/c1-9-11-13-15-17-19-21-23-25-27-29-31-33-35-52(66)70-44-46(71-53(67)36-34-32-30-28-26-24-22-20-18-16-14-12-10-2)45-74-40-39-48(62)58-41-49(63)59-42-50(64)60-43-51(65)61-47(55(69)73-57(6,7)8)37-38-54(68)72-56(3,4)5/h46-47H,9-45H2,1-8H3,(H,58,62)(H,59,63)(H,60,64)(H,61,65). The zero-order valence-electron chi connectivity index (χ0n) is 47.6. The van der Waals surface area contributed by atoms with Crippen molar-refractivity contribution in [1.82, 2.24) is 21.3 Å². The summed E-state index contributed by atoms with van der Waals surface area (Å²) in [5, 5.41) is 9.74. The van der Waals surface area contributed by atoms with Gasteiger partial charge in [-0.3, -0.25) is 33.6 Å². The second-order valence-electron chi connectivity index (χ2n) is 21.7. The van der Waals surface area contributed by atoms with Gasteiger partial charge in [0.1, 0.15) is 30.0 Å². The Morgan fingerprint density at radius 1 is 0.432 bits per heavy atom. The minimum Gasteiger partial charge on any atom is -0.462 e. The quantitative estimate of drug-likeness (QED) is 0.0253. The largest absolute Gasteiger partial charge is 0.462 e. The molecule has 0 bridgehead atoms. The Morgan fingerprint density at radius 2 is 0.824 bits per heavy atom. The minimum absolute atomic E-state index is 0.0539. The summed E-state index contributed by atoms with van der Waals surface area (Å²) in [5.41, 5.74) is -1.58. The summed E-state index contributed by atoms with van der Waals surface area (Å²) in [4.78, 5) is 101. The lowest BCUT2D eigenvalue weighted by molar-refractivity contribution is -0.160. The molecule has 0 saturated carbocycles. The van der Waals surface area contributed by atoms with E-state index in [1.165, 1.54) is 140 Å². The van der Waals surface area contributed by atoms with Gasteiger partial charge in [-0.05, 0) is 60.8 Å². The van der Waals surface area contributed by atoms with Crippen molar-refractivity contribution >= 4 is 59.3 Å². The van der Waals surface area contributed by atoms with Crippen molar-refractivity contribution in [3.8, 4) is 0 Å². The smallest absolute Gasteiger partial charge is 0.329 e. The van der Waals surface area contributed by atoms with Crippen LogP contribution in [0.2, 0.25) is 0 Å². The molecule has 16 nitrogen and oxygen atoms in total. The van der Waals surface area contributed by atoms with Gasteiger partial charge in [0.15, 0.2) is 0 Å². The number of rotatable bonds is 47. The van der Waals surface area contributed by atoms with Crippen LogP contribution < -0.4 is 21.3 Å². The van der Waals surface area contributed by atoms with Gasteiger partial charge in [0.2, 0.25) is 23.6 Å². The van der Waals surface area contributed by atoms with Gasteiger partial charge in [-0.15, -0.1) is 0 Å². The molecule has 0 rings (SSSR count). The Morgan fingerprint density at radius 3 is 1.26 bits per heavy atom. The number of carbonyl (C=O) groups is 8. The molecule has 0 aliphatic carbocycles. The fraction of sp³-hybridized carbons (Fsp3) is 0.860. The van der Waals surface area contributed by atoms with Crippen LogP contribution in [0.3, 0.4) is 0 Å². The van der Waals surface area contributed by atoms with Crippen LogP contribution in [0.15, 0.2) is 0 Å². The third-order valence-corrected chi connectivity index (χ3v) is 13.0. The van der Waals surface area contributed by atoms with Crippen molar-refractivity contribution in [2.45, 2.75) is 278 Å². The first kappa shape index (κ1) is 70.1. The van der Waals surface area contributed by atoms with Crippen LogP contribution in [0, 0.1) is 0 Å². The predicted octanol–water partition coefficient (Wildman–Crippen LogP) is 10.8. The second-order valence-corrected chi connectivity index (χ2v) is 22.9. The summed E-state index contributed by atoms with van der Waals surface area (Å²) < 4.78 is 22.1. The lowest BCUT2D eigenvalue weighted by Crippen LogP contribution is -2.49. The van der Waals surface area contributed by atoms with Gasteiger partial charge in [0.05, 0.1) is 19.6 Å². The van der Waals surface area contributed by atoms with Crippen LogP contribution >= 0.6 is 11.8 Å². The average Bonchev–Trinajstić information content (AvgIpc) is 3.33. The first-order valence-corrected chi connectivity index (χ1v) is 29.9. The first-order valence-electron chi connectivity index (χ1n) is 28.7. The molecular formula is C57H104N4O12S. The maximum absolute atomic E-state index is 12.9. The molecule has 0 aromatic carbocycles. The Hall–Kier alpha value is -3.89. The van der Waals surface area contributed by atoms with E-state index in [9.17, 15) is 38.4 Å². The van der Waals surface area contributed by atoms with E-state index in [-0.39, 0.29) is 44.4 Å². The number of amides is 4. The van der Waals surface area contributed by atoms with Gasteiger partial charge in [-0.25, -0.2) is 4.79 Å². The number of thioether (sulfide) groups is 1. The second kappa shape index (κ2) is 45.3. The van der Waals surface area contributed by atoms with Crippen molar-refractivity contribution in [1.29, 1.82) is 0 Å². The highest BCUT2D eigenvalue weighted by Gasteiger charge is 2.28. The molecule has 0 spiro atoms. The molecule has 4 N–H and O–H groups in total. The Labute approximate surface area is 451 Å². The molecule has 0 fully saturated rings. The van der Waals surface area contributed by atoms with E-state index in [1.807, 2.05) is 0 Å². The molecule has 2 unspecified atom stereocenters. The maximum Gasteiger partial charge on any atom is 0.329 e. The van der Waals surface area contributed by atoms with Crippen molar-refractivity contribution in [3.05, 3.63) is 0 Å². The minimum atomic E-state index is -1.18. The van der Waals surface area contributed by atoms with Crippen molar-refractivity contribution in [2.24, 2.45) is 0 Å². The highest BCUT2D eigenvalue weighted by Crippen LogP contribution is 2.18. The van der Waals surface area contributed by atoms with E-state index in [1.54, 1.807) is 41.5 Å². The van der Waals surface area contributed by atoms with Crippen LogP contribution in [0.25, 0.3) is 0 Å². The molecule has 0 radical (unpaired) electrons. The summed E-state index contributed by atoms with van der Waals surface area (Å²) >= 11 is 1.38. The van der Waals surface area contributed by atoms with E-state index in [2.05, 4.69) is 35.1 Å². The Bertz CT molecular complexity index is 1550. The van der Waals surface area contributed by atoms with Crippen molar-refractivity contribution < 1.29 is 57.3 Å². The van der Waals surface area contributed by atoms with Gasteiger partial charge >= 0.3 is 23.9 Å². The summed E-state index contributed by atoms with van der Waals surface area (Å²) in [6.45, 7) is 13.2. The van der Waals surface area contributed by atoms with Crippen LogP contribution in [0.1, 0.15) is 254 Å². The van der Waals surface area contributed by atoms with E-state index in [4.69, 9.17) is 18.9 Å². The number of unbranched alkanes of at least 4 members (excludes halogenated alkanes) is 24. The van der Waals surface area contributed by atoms with Crippen molar-refractivity contribution in [3.63, 3.8) is 0 Å². The summed E-state index contributed by atoms with van der Waals surface area (Å²) in [6.07, 6.45) is 31.2. The van der Waals surface area contributed by atoms with Crippen molar-refractivity contribution in [2.75, 3.05) is 37.7 Å². The SMILES string of the molecule is CCCCCCCCCCCCCCCC(=O)OCC(CSCCC(=O)NCC(=O)NCC(=O)NCC(=O)NC(CCC(=O)OC(C)(C)C)C(=O)OC(C)(C)C)OC(=O)CCCCCCCCCCCCCCC. The summed E-state index contributed by atoms with van der Waals surface area (Å²) in [5.74, 6) is -3.70. The number of esters is 4. The van der Waals surface area contributed by atoms with Crippen LogP contribution in [-0.4, -0.2) is 109 Å². The molecule has 0 aromatic heterocycles. The molecule has 0 aliphatic rings. The number of carbonyl (C=O) groups excluding carboxylic acids is 8.